The molecule has 35 heavy (non-hydrogen) atoms. The standard InChI is InChI=1S/C23H24F2N4O6/c1-14-6-8-28(9-7-14)19-5-2-15(10-20(19)29(33)34)23(32)35-13-22(31)26-12-21(30)27-16-3-4-17(24)18(25)11-16/h2-5,10-11,14H,6-9,12-13H2,1H3,(H,26,31)(H,27,30). The highest BCUT2D eigenvalue weighted by Crippen LogP contribution is 2.32. The second-order valence-electron chi connectivity index (χ2n) is 8.16. The van der Waals surface area contributed by atoms with Gasteiger partial charge in [0.25, 0.3) is 11.6 Å². The zero-order valence-corrected chi connectivity index (χ0v) is 18.9. The third-order valence-electron chi connectivity index (χ3n) is 5.52. The topological polar surface area (TPSA) is 131 Å². The minimum atomic E-state index is -1.14. The maximum Gasteiger partial charge on any atom is 0.338 e. The van der Waals surface area contributed by atoms with Crippen molar-refractivity contribution in [3.63, 3.8) is 0 Å². The summed E-state index contributed by atoms with van der Waals surface area (Å²) in [6.45, 7) is 2.24. The number of hydrogen-bond donors (Lipinski definition) is 2. The van der Waals surface area contributed by atoms with Gasteiger partial charge in [-0.1, -0.05) is 6.92 Å². The summed E-state index contributed by atoms with van der Waals surface area (Å²) < 4.78 is 31.0. The number of nitro groups is 1. The number of esters is 1. The smallest absolute Gasteiger partial charge is 0.338 e. The molecule has 3 rings (SSSR count). The second kappa shape index (κ2) is 11.4. The Morgan fingerprint density at radius 3 is 2.46 bits per heavy atom. The maximum atomic E-state index is 13.2. The first-order valence-electron chi connectivity index (χ1n) is 10.9. The normalized spacial score (nSPS) is 13.7. The van der Waals surface area contributed by atoms with E-state index in [1.165, 1.54) is 12.1 Å². The molecule has 186 valence electrons. The van der Waals surface area contributed by atoms with Crippen LogP contribution in [0.4, 0.5) is 25.8 Å². The molecule has 2 amide bonds. The fraction of sp³-hybridized carbons (Fsp3) is 0.348. The van der Waals surface area contributed by atoms with E-state index in [0.29, 0.717) is 24.7 Å². The van der Waals surface area contributed by atoms with Crippen LogP contribution in [0.3, 0.4) is 0 Å². The number of nitrogens with zero attached hydrogens (tertiary/aromatic N) is 2. The first-order chi connectivity index (χ1) is 16.6. The molecule has 1 heterocycles. The largest absolute Gasteiger partial charge is 0.452 e. The summed E-state index contributed by atoms with van der Waals surface area (Å²) in [5, 5.41) is 16.1. The van der Waals surface area contributed by atoms with Crippen LogP contribution in [0, 0.1) is 27.7 Å². The van der Waals surface area contributed by atoms with Crippen LogP contribution in [0.25, 0.3) is 0 Å². The van der Waals surface area contributed by atoms with Crippen molar-refractivity contribution in [2.24, 2.45) is 5.92 Å². The Morgan fingerprint density at radius 1 is 1.09 bits per heavy atom. The zero-order valence-electron chi connectivity index (χ0n) is 18.9. The molecule has 1 fully saturated rings. The Kier molecular flexibility index (Phi) is 8.29. The molecule has 2 N–H and O–H groups in total. The van der Waals surface area contributed by atoms with E-state index in [1.54, 1.807) is 0 Å². The van der Waals surface area contributed by atoms with Crippen molar-refractivity contribution < 1.29 is 32.8 Å². The number of carbonyl (C=O) groups excluding carboxylic acids is 3. The number of rotatable bonds is 8. The number of benzene rings is 2. The Bertz CT molecular complexity index is 1130. The molecule has 0 aromatic heterocycles. The lowest BCUT2D eigenvalue weighted by molar-refractivity contribution is -0.384. The van der Waals surface area contributed by atoms with Gasteiger partial charge in [-0.25, -0.2) is 13.6 Å². The SMILES string of the molecule is CC1CCN(c2ccc(C(=O)OCC(=O)NCC(=O)Nc3ccc(F)c(F)c3)cc2[N+](=O)[O-])CC1. The summed E-state index contributed by atoms with van der Waals surface area (Å²) in [6.07, 6.45) is 1.82. The van der Waals surface area contributed by atoms with E-state index in [2.05, 4.69) is 17.6 Å². The predicted molar refractivity (Wildman–Crippen MR) is 122 cm³/mol. The van der Waals surface area contributed by atoms with Crippen molar-refractivity contribution in [3.05, 3.63) is 63.7 Å². The van der Waals surface area contributed by atoms with Gasteiger partial charge in [-0.05, 0) is 43.0 Å². The van der Waals surface area contributed by atoms with Crippen molar-refractivity contribution in [1.29, 1.82) is 0 Å². The second-order valence-corrected chi connectivity index (χ2v) is 8.16. The number of piperidine rings is 1. The van der Waals surface area contributed by atoms with Crippen molar-refractivity contribution in [1.82, 2.24) is 5.32 Å². The van der Waals surface area contributed by atoms with Crippen LogP contribution in [0.1, 0.15) is 30.1 Å². The highest BCUT2D eigenvalue weighted by atomic mass is 19.2. The third kappa shape index (κ3) is 6.95. The molecular weight excluding hydrogens is 466 g/mol. The number of nitrogens with one attached hydrogen (secondary N) is 2. The van der Waals surface area contributed by atoms with Gasteiger partial charge in [-0.2, -0.15) is 0 Å². The highest BCUT2D eigenvalue weighted by molar-refractivity contribution is 5.96. The molecule has 0 radical (unpaired) electrons. The van der Waals surface area contributed by atoms with Gasteiger partial charge in [0.1, 0.15) is 5.69 Å². The molecule has 12 heteroatoms. The van der Waals surface area contributed by atoms with Crippen LogP contribution in [-0.2, 0) is 14.3 Å². The predicted octanol–water partition coefficient (Wildman–Crippen LogP) is 3.02. The average Bonchev–Trinajstić information content (AvgIpc) is 2.83. The van der Waals surface area contributed by atoms with Gasteiger partial charge in [-0.3, -0.25) is 19.7 Å². The number of ether oxygens (including phenoxy) is 1. The van der Waals surface area contributed by atoms with E-state index in [-0.39, 0.29) is 16.9 Å². The fourth-order valence-corrected chi connectivity index (χ4v) is 3.54. The molecule has 0 saturated carbocycles. The Hall–Kier alpha value is -4.09. The molecule has 2 aromatic rings. The lowest BCUT2D eigenvalue weighted by Crippen LogP contribution is -2.35. The van der Waals surface area contributed by atoms with E-state index < -0.39 is 47.5 Å². The first-order valence-corrected chi connectivity index (χ1v) is 10.9. The molecule has 1 aliphatic heterocycles. The van der Waals surface area contributed by atoms with Gasteiger partial charge in [0.05, 0.1) is 17.0 Å². The first kappa shape index (κ1) is 25.5. The zero-order chi connectivity index (χ0) is 25.5. The Morgan fingerprint density at radius 2 is 1.80 bits per heavy atom. The lowest BCUT2D eigenvalue weighted by Gasteiger charge is -2.31. The van der Waals surface area contributed by atoms with E-state index in [1.807, 2.05) is 4.90 Å². The molecule has 1 aliphatic rings. The van der Waals surface area contributed by atoms with Gasteiger partial charge in [0.2, 0.25) is 5.91 Å². The minimum absolute atomic E-state index is 0.00122. The molecule has 10 nitrogen and oxygen atoms in total. The van der Waals surface area contributed by atoms with E-state index in [0.717, 1.165) is 37.1 Å². The maximum absolute atomic E-state index is 13.2. The fourth-order valence-electron chi connectivity index (χ4n) is 3.54. The molecule has 2 aromatic carbocycles. The number of nitro benzene ring substituents is 1. The van der Waals surface area contributed by atoms with Crippen LogP contribution in [0.15, 0.2) is 36.4 Å². The molecule has 0 unspecified atom stereocenters. The Balaban J connectivity index is 1.51. The summed E-state index contributed by atoms with van der Waals surface area (Å²) >= 11 is 0. The van der Waals surface area contributed by atoms with Crippen LogP contribution in [0.5, 0.6) is 0 Å². The number of hydrogen-bond acceptors (Lipinski definition) is 7. The van der Waals surface area contributed by atoms with Gasteiger partial charge < -0.3 is 20.3 Å². The minimum Gasteiger partial charge on any atom is -0.452 e. The number of halogens is 2. The van der Waals surface area contributed by atoms with Crippen molar-refractivity contribution in [2.45, 2.75) is 19.8 Å². The molecule has 0 bridgehead atoms. The van der Waals surface area contributed by atoms with Crippen LogP contribution in [0.2, 0.25) is 0 Å². The van der Waals surface area contributed by atoms with Gasteiger partial charge in [-0.15, -0.1) is 0 Å². The summed E-state index contributed by atoms with van der Waals surface area (Å²) in [5.41, 5.74) is 0.101. The number of carbonyl (C=O) groups is 3. The summed E-state index contributed by atoms with van der Waals surface area (Å²) in [5.74, 6) is -4.12. The summed E-state index contributed by atoms with van der Waals surface area (Å²) in [6, 6.07) is 6.78. The van der Waals surface area contributed by atoms with Gasteiger partial charge in [0, 0.05) is 30.9 Å². The lowest BCUT2D eigenvalue weighted by atomic mass is 9.98. The van der Waals surface area contributed by atoms with Crippen molar-refractivity contribution in [2.75, 3.05) is 36.5 Å². The monoisotopic (exact) mass is 490 g/mol. The molecule has 1 saturated heterocycles. The van der Waals surface area contributed by atoms with E-state index in [9.17, 15) is 33.3 Å². The van der Waals surface area contributed by atoms with Crippen molar-refractivity contribution >= 4 is 34.8 Å². The van der Waals surface area contributed by atoms with Crippen LogP contribution in [-0.4, -0.2) is 48.9 Å². The number of amides is 2. The average molecular weight is 490 g/mol. The molecule has 0 spiro atoms. The third-order valence-corrected chi connectivity index (χ3v) is 5.52. The summed E-state index contributed by atoms with van der Waals surface area (Å²) in [4.78, 5) is 49.0. The van der Waals surface area contributed by atoms with Crippen LogP contribution >= 0.6 is 0 Å². The van der Waals surface area contributed by atoms with Crippen molar-refractivity contribution in [3.8, 4) is 0 Å². The van der Waals surface area contributed by atoms with Gasteiger partial charge in [0.15, 0.2) is 18.2 Å². The van der Waals surface area contributed by atoms with E-state index >= 15 is 0 Å². The summed E-state index contributed by atoms with van der Waals surface area (Å²) in [7, 11) is 0. The molecule has 0 atom stereocenters. The van der Waals surface area contributed by atoms with Crippen LogP contribution < -0.4 is 15.5 Å². The number of anilines is 2. The molecule has 0 aliphatic carbocycles. The molecular formula is C23H24F2N4O6. The van der Waals surface area contributed by atoms with E-state index in [4.69, 9.17) is 4.74 Å². The highest BCUT2D eigenvalue weighted by Gasteiger charge is 2.25. The Labute approximate surface area is 199 Å². The quantitative estimate of drug-likeness (QED) is 0.330. The van der Waals surface area contributed by atoms with Gasteiger partial charge >= 0.3 is 5.97 Å².